The Balaban J connectivity index is 1.38. The van der Waals surface area contributed by atoms with E-state index in [0.29, 0.717) is 23.5 Å². The standard InChI is InChI=1S/C40H41N3O5/c1-26-8-19-33(27(2)22-26)35-25-43(24-29-11-16-31(17-12-29)38(44)47-7)37(41-35)21-13-28-9-14-30(15-10-28)32-18-20-34(36(23-32)46-6)42-39(45)48-40(3,4)5/h8-23,25H,24H2,1-7H3,(H,42,45)/b21-13+. The van der Waals surface area contributed by atoms with Crippen LogP contribution in [0.25, 0.3) is 34.5 Å². The molecular weight excluding hydrogens is 602 g/mol. The Morgan fingerprint density at radius 3 is 2.21 bits per heavy atom. The van der Waals surface area contributed by atoms with Gasteiger partial charge in [-0.3, -0.25) is 5.32 Å². The highest BCUT2D eigenvalue weighted by molar-refractivity contribution is 5.89. The van der Waals surface area contributed by atoms with Crippen LogP contribution in [0, 0.1) is 13.8 Å². The van der Waals surface area contributed by atoms with Crippen LogP contribution in [-0.2, 0) is 16.0 Å². The number of carbonyl (C=O) groups is 2. The Kier molecular flexibility index (Phi) is 10.1. The van der Waals surface area contributed by atoms with Gasteiger partial charge in [-0.15, -0.1) is 0 Å². The molecule has 48 heavy (non-hydrogen) atoms. The number of rotatable bonds is 9. The van der Waals surface area contributed by atoms with Gasteiger partial charge >= 0.3 is 12.1 Å². The van der Waals surface area contributed by atoms with Gasteiger partial charge in [0.2, 0.25) is 0 Å². The van der Waals surface area contributed by atoms with Crippen LogP contribution >= 0.6 is 0 Å². The summed E-state index contributed by atoms with van der Waals surface area (Å²) in [5.41, 5.74) is 8.79. The highest BCUT2D eigenvalue weighted by Gasteiger charge is 2.18. The van der Waals surface area contributed by atoms with E-state index in [1.165, 1.54) is 18.2 Å². The molecule has 0 saturated heterocycles. The van der Waals surface area contributed by atoms with Crippen molar-refractivity contribution in [2.24, 2.45) is 0 Å². The van der Waals surface area contributed by atoms with Crippen molar-refractivity contribution < 1.29 is 23.8 Å². The fourth-order valence-electron chi connectivity index (χ4n) is 5.33. The van der Waals surface area contributed by atoms with E-state index in [1.54, 1.807) is 19.2 Å². The van der Waals surface area contributed by atoms with Gasteiger partial charge in [0.05, 0.1) is 31.2 Å². The van der Waals surface area contributed by atoms with Crippen molar-refractivity contribution >= 4 is 29.9 Å². The molecule has 8 nitrogen and oxygen atoms in total. The zero-order valence-electron chi connectivity index (χ0n) is 28.5. The van der Waals surface area contributed by atoms with Gasteiger partial charge in [0.25, 0.3) is 0 Å². The molecule has 0 aliphatic rings. The molecule has 5 rings (SSSR count). The SMILES string of the molecule is COC(=O)c1ccc(Cn2cc(-c3ccc(C)cc3C)nc2/C=C/c2ccc(-c3ccc(NC(=O)OC(C)(C)C)c(OC)c3)cc2)cc1. The lowest BCUT2D eigenvalue weighted by Crippen LogP contribution is -2.27. The van der Waals surface area contributed by atoms with Gasteiger partial charge in [-0.2, -0.15) is 0 Å². The molecule has 0 atom stereocenters. The molecule has 0 unspecified atom stereocenters. The Bertz CT molecular complexity index is 1950. The van der Waals surface area contributed by atoms with Crippen LogP contribution < -0.4 is 10.1 Å². The number of amides is 1. The first-order valence-electron chi connectivity index (χ1n) is 15.7. The van der Waals surface area contributed by atoms with Crippen LogP contribution in [0.5, 0.6) is 5.75 Å². The van der Waals surface area contributed by atoms with Crippen LogP contribution in [0.1, 0.15) is 59.2 Å². The summed E-state index contributed by atoms with van der Waals surface area (Å²) in [7, 11) is 2.95. The molecule has 0 saturated carbocycles. The first-order valence-corrected chi connectivity index (χ1v) is 15.7. The molecule has 1 aromatic heterocycles. The van der Waals surface area contributed by atoms with Crippen LogP contribution in [0.2, 0.25) is 0 Å². The van der Waals surface area contributed by atoms with Crippen molar-refractivity contribution in [3.63, 3.8) is 0 Å². The van der Waals surface area contributed by atoms with Crippen molar-refractivity contribution in [2.75, 3.05) is 19.5 Å². The molecule has 5 aromatic rings. The Hall–Kier alpha value is -5.63. The maximum absolute atomic E-state index is 12.3. The topological polar surface area (TPSA) is 91.7 Å². The van der Waals surface area contributed by atoms with Crippen molar-refractivity contribution in [3.05, 3.63) is 125 Å². The lowest BCUT2D eigenvalue weighted by molar-refractivity contribution is 0.0598. The fraction of sp³-hybridized carbons (Fsp3) is 0.225. The fourth-order valence-corrected chi connectivity index (χ4v) is 5.33. The molecule has 246 valence electrons. The first-order chi connectivity index (χ1) is 22.9. The number of esters is 1. The third kappa shape index (κ3) is 8.39. The van der Waals surface area contributed by atoms with Gasteiger partial charge in [0, 0.05) is 18.3 Å². The van der Waals surface area contributed by atoms with E-state index in [4.69, 9.17) is 19.2 Å². The lowest BCUT2D eigenvalue weighted by Gasteiger charge is -2.20. The van der Waals surface area contributed by atoms with Crippen molar-refractivity contribution in [2.45, 2.75) is 46.8 Å². The number of carbonyl (C=O) groups excluding carboxylic acids is 2. The summed E-state index contributed by atoms with van der Waals surface area (Å²) in [4.78, 5) is 29.2. The molecule has 0 aliphatic heterocycles. The number of methoxy groups -OCH3 is 2. The number of imidazole rings is 1. The molecule has 0 fully saturated rings. The molecule has 1 amide bonds. The minimum absolute atomic E-state index is 0.359. The van der Waals surface area contributed by atoms with Gasteiger partial charge in [0.15, 0.2) is 0 Å². The zero-order chi connectivity index (χ0) is 34.4. The maximum atomic E-state index is 12.3. The van der Waals surface area contributed by atoms with Crippen molar-refractivity contribution in [3.8, 4) is 28.1 Å². The molecule has 8 heteroatoms. The van der Waals surface area contributed by atoms with Gasteiger partial charge in [0.1, 0.15) is 17.2 Å². The third-order valence-corrected chi connectivity index (χ3v) is 7.70. The number of aromatic nitrogens is 2. The minimum Gasteiger partial charge on any atom is -0.495 e. The van der Waals surface area contributed by atoms with Crippen LogP contribution in [0.3, 0.4) is 0 Å². The Morgan fingerprint density at radius 1 is 0.854 bits per heavy atom. The molecule has 0 aliphatic carbocycles. The number of aryl methyl sites for hydroxylation is 2. The average Bonchev–Trinajstić information content (AvgIpc) is 3.45. The second-order valence-corrected chi connectivity index (χ2v) is 12.6. The van der Waals surface area contributed by atoms with E-state index in [0.717, 1.165) is 39.3 Å². The number of nitrogens with one attached hydrogen (secondary N) is 1. The molecule has 1 heterocycles. The number of ether oxygens (including phenoxy) is 3. The average molecular weight is 644 g/mol. The lowest BCUT2D eigenvalue weighted by atomic mass is 10.0. The van der Waals surface area contributed by atoms with E-state index in [2.05, 4.69) is 60.3 Å². The van der Waals surface area contributed by atoms with E-state index in [9.17, 15) is 9.59 Å². The molecule has 1 N–H and O–H groups in total. The number of anilines is 1. The van der Waals surface area contributed by atoms with Crippen LogP contribution in [-0.4, -0.2) is 41.4 Å². The van der Waals surface area contributed by atoms with E-state index in [1.807, 2.05) is 75.4 Å². The number of hydrogen-bond acceptors (Lipinski definition) is 6. The van der Waals surface area contributed by atoms with Gasteiger partial charge in [-0.1, -0.05) is 72.3 Å². The van der Waals surface area contributed by atoms with Crippen LogP contribution in [0.15, 0.2) is 91.1 Å². The summed E-state index contributed by atoms with van der Waals surface area (Å²) in [6.07, 6.45) is 5.60. The summed E-state index contributed by atoms with van der Waals surface area (Å²) >= 11 is 0. The first kappa shape index (κ1) is 33.7. The normalized spacial score (nSPS) is 11.4. The van der Waals surface area contributed by atoms with Gasteiger partial charge in [-0.05, 0) is 92.8 Å². The Morgan fingerprint density at radius 2 is 1.56 bits per heavy atom. The number of hydrogen-bond donors (Lipinski definition) is 1. The summed E-state index contributed by atoms with van der Waals surface area (Å²) in [5.74, 6) is 0.986. The molecule has 0 bridgehead atoms. The number of benzene rings is 4. The maximum Gasteiger partial charge on any atom is 0.412 e. The summed E-state index contributed by atoms with van der Waals surface area (Å²) in [6, 6.07) is 27.6. The number of nitrogens with zero attached hydrogens (tertiary/aromatic N) is 2. The highest BCUT2D eigenvalue weighted by atomic mass is 16.6. The van der Waals surface area contributed by atoms with Gasteiger partial charge < -0.3 is 18.8 Å². The molecular formula is C40H41N3O5. The molecule has 4 aromatic carbocycles. The second-order valence-electron chi connectivity index (χ2n) is 12.6. The second kappa shape index (κ2) is 14.4. The Labute approximate surface area is 282 Å². The van der Waals surface area contributed by atoms with E-state index < -0.39 is 11.7 Å². The van der Waals surface area contributed by atoms with Crippen molar-refractivity contribution in [1.29, 1.82) is 0 Å². The van der Waals surface area contributed by atoms with Crippen LogP contribution in [0.4, 0.5) is 10.5 Å². The monoisotopic (exact) mass is 643 g/mol. The molecule has 0 radical (unpaired) electrons. The minimum atomic E-state index is -0.603. The summed E-state index contributed by atoms with van der Waals surface area (Å²) in [6.45, 7) is 10.2. The van der Waals surface area contributed by atoms with E-state index >= 15 is 0 Å². The summed E-state index contributed by atoms with van der Waals surface area (Å²) < 4.78 is 17.9. The largest absolute Gasteiger partial charge is 0.495 e. The highest BCUT2D eigenvalue weighted by Crippen LogP contribution is 2.32. The quantitative estimate of drug-likeness (QED) is 0.161. The third-order valence-electron chi connectivity index (χ3n) is 7.70. The smallest absolute Gasteiger partial charge is 0.412 e. The predicted molar refractivity (Wildman–Crippen MR) is 191 cm³/mol. The van der Waals surface area contributed by atoms with E-state index in [-0.39, 0.29) is 5.97 Å². The molecule has 0 spiro atoms. The summed E-state index contributed by atoms with van der Waals surface area (Å²) in [5, 5.41) is 2.76. The van der Waals surface area contributed by atoms with Gasteiger partial charge in [-0.25, -0.2) is 14.6 Å². The predicted octanol–water partition coefficient (Wildman–Crippen LogP) is 9.19. The zero-order valence-corrected chi connectivity index (χ0v) is 28.5. The van der Waals surface area contributed by atoms with Crippen molar-refractivity contribution in [1.82, 2.24) is 9.55 Å².